The quantitative estimate of drug-likeness (QED) is 0.767. The van der Waals surface area contributed by atoms with Crippen molar-refractivity contribution in [2.24, 2.45) is 11.7 Å². The summed E-state index contributed by atoms with van der Waals surface area (Å²) in [6.45, 7) is 6.50. The van der Waals surface area contributed by atoms with Gasteiger partial charge in [0.2, 0.25) is 0 Å². The first-order valence-corrected chi connectivity index (χ1v) is 9.16. The van der Waals surface area contributed by atoms with Crippen molar-refractivity contribution in [3.8, 4) is 0 Å². The Morgan fingerprint density at radius 3 is 2.57 bits per heavy atom. The normalized spacial score (nSPS) is 15.9. The van der Waals surface area contributed by atoms with Crippen LogP contribution >= 0.6 is 15.9 Å². The van der Waals surface area contributed by atoms with Gasteiger partial charge in [-0.05, 0) is 71.8 Å². The topological polar surface area (TPSA) is 29.3 Å². The first-order chi connectivity index (χ1) is 10.1. The van der Waals surface area contributed by atoms with Crippen LogP contribution in [0.1, 0.15) is 51.5 Å². The van der Waals surface area contributed by atoms with Crippen molar-refractivity contribution < 1.29 is 0 Å². The Morgan fingerprint density at radius 2 is 2.00 bits per heavy atom. The molecule has 0 aromatic heterocycles. The second-order valence-electron chi connectivity index (χ2n) is 6.64. The van der Waals surface area contributed by atoms with Gasteiger partial charge in [0.1, 0.15) is 0 Å². The summed E-state index contributed by atoms with van der Waals surface area (Å²) in [4.78, 5) is 2.64. The SMILES string of the molecule is CC(C)CCN(c1ccc(CCN)cc1Br)C1CCCC1. The molecular formula is C18H29BrN2. The van der Waals surface area contributed by atoms with E-state index in [1.165, 1.54) is 47.8 Å². The number of hydrogen-bond donors (Lipinski definition) is 1. The molecule has 118 valence electrons. The van der Waals surface area contributed by atoms with Crippen LogP contribution in [0.25, 0.3) is 0 Å². The Balaban J connectivity index is 2.18. The van der Waals surface area contributed by atoms with Gasteiger partial charge in [-0.1, -0.05) is 32.8 Å². The van der Waals surface area contributed by atoms with Gasteiger partial charge in [-0.15, -0.1) is 0 Å². The lowest BCUT2D eigenvalue weighted by atomic mass is 10.1. The second-order valence-corrected chi connectivity index (χ2v) is 7.49. The van der Waals surface area contributed by atoms with E-state index in [4.69, 9.17) is 5.73 Å². The molecule has 3 heteroatoms. The van der Waals surface area contributed by atoms with Crippen LogP contribution in [0.2, 0.25) is 0 Å². The van der Waals surface area contributed by atoms with Gasteiger partial charge in [-0.2, -0.15) is 0 Å². The summed E-state index contributed by atoms with van der Waals surface area (Å²) in [5, 5.41) is 0. The highest BCUT2D eigenvalue weighted by molar-refractivity contribution is 9.10. The number of halogens is 1. The standard InChI is InChI=1S/C18H29BrN2/c1-14(2)10-12-21(16-5-3-4-6-16)18-8-7-15(9-11-20)13-17(18)19/h7-8,13-14,16H,3-6,9-12,20H2,1-2H3. The molecule has 1 fully saturated rings. The van der Waals surface area contributed by atoms with Crippen LogP contribution in [0.3, 0.4) is 0 Å². The fourth-order valence-corrected chi connectivity index (χ4v) is 3.87. The molecular weight excluding hydrogens is 324 g/mol. The maximum absolute atomic E-state index is 5.66. The Hall–Kier alpha value is -0.540. The molecule has 1 aliphatic carbocycles. The number of benzene rings is 1. The number of hydrogen-bond acceptors (Lipinski definition) is 2. The molecule has 0 bridgehead atoms. The molecule has 2 rings (SSSR count). The molecule has 1 aromatic rings. The third kappa shape index (κ3) is 4.72. The van der Waals surface area contributed by atoms with E-state index in [1.807, 2.05) is 0 Å². The summed E-state index contributed by atoms with van der Waals surface area (Å²) < 4.78 is 1.23. The van der Waals surface area contributed by atoms with Gasteiger partial charge in [0.05, 0.1) is 5.69 Å². The molecule has 2 N–H and O–H groups in total. The van der Waals surface area contributed by atoms with Gasteiger partial charge in [-0.25, -0.2) is 0 Å². The molecule has 0 saturated heterocycles. The minimum absolute atomic E-state index is 0.714. The first-order valence-electron chi connectivity index (χ1n) is 8.37. The van der Waals surface area contributed by atoms with Gasteiger partial charge in [0.15, 0.2) is 0 Å². The minimum Gasteiger partial charge on any atom is -0.368 e. The van der Waals surface area contributed by atoms with Crippen molar-refractivity contribution in [2.75, 3.05) is 18.0 Å². The summed E-state index contributed by atoms with van der Waals surface area (Å²) in [6.07, 6.45) is 7.66. The van der Waals surface area contributed by atoms with Crippen LogP contribution in [0.15, 0.2) is 22.7 Å². The van der Waals surface area contributed by atoms with E-state index >= 15 is 0 Å². The summed E-state index contributed by atoms with van der Waals surface area (Å²) in [5.41, 5.74) is 8.35. The number of rotatable bonds is 7. The molecule has 1 saturated carbocycles. The van der Waals surface area contributed by atoms with Crippen molar-refractivity contribution in [3.63, 3.8) is 0 Å². The lowest BCUT2D eigenvalue weighted by Crippen LogP contribution is -2.35. The van der Waals surface area contributed by atoms with Crippen molar-refractivity contribution in [3.05, 3.63) is 28.2 Å². The summed E-state index contributed by atoms with van der Waals surface area (Å²) in [6, 6.07) is 7.50. The van der Waals surface area contributed by atoms with E-state index in [1.54, 1.807) is 0 Å². The Kier molecular flexibility index (Phi) is 6.56. The van der Waals surface area contributed by atoms with Crippen molar-refractivity contribution >= 4 is 21.6 Å². The average molecular weight is 353 g/mol. The Bertz CT molecular complexity index is 439. The lowest BCUT2D eigenvalue weighted by molar-refractivity contribution is 0.528. The van der Waals surface area contributed by atoms with Crippen LogP contribution in [-0.4, -0.2) is 19.1 Å². The molecule has 0 amide bonds. The minimum atomic E-state index is 0.714. The third-order valence-corrected chi connectivity index (χ3v) is 5.10. The average Bonchev–Trinajstić information content (AvgIpc) is 2.95. The highest BCUT2D eigenvalue weighted by atomic mass is 79.9. The fourth-order valence-electron chi connectivity index (χ4n) is 3.22. The lowest BCUT2D eigenvalue weighted by Gasteiger charge is -2.33. The van der Waals surface area contributed by atoms with Gasteiger partial charge in [0, 0.05) is 17.1 Å². The van der Waals surface area contributed by atoms with Gasteiger partial charge < -0.3 is 10.6 Å². The largest absolute Gasteiger partial charge is 0.368 e. The Morgan fingerprint density at radius 1 is 1.29 bits per heavy atom. The van der Waals surface area contributed by atoms with Crippen LogP contribution < -0.4 is 10.6 Å². The maximum Gasteiger partial charge on any atom is 0.0513 e. The highest BCUT2D eigenvalue weighted by Crippen LogP contribution is 2.34. The van der Waals surface area contributed by atoms with E-state index in [0.29, 0.717) is 6.54 Å². The zero-order valence-electron chi connectivity index (χ0n) is 13.4. The zero-order valence-corrected chi connectivity index (χ0v) is 15.0. The van der Waals surface area contributed by atoms with Crippen LogP contribution in [-0.2, 0) is 6.42 Å². The summed E-state index contributed by atoms with van der Waals surface area (Å²) in [7, 11) is 0. The van der Waals surface area contributed by atoms with Gasteiger partial charge >= 0.3 is 0 Å². The molecule has 0 atom stereocenters. The van der Waals surface area contributed by atoms with Gasteiger partial charge in [-0.3, -0.25) is 0 Å². The predicted molar refractivity (Wildman–Crippen MR) is 96.0 cm³/mol. The fraction of sp³-hybridized carbons (Fsp3) is 0.667. The number of nitrogens with two attached hydrogens (primary N) is 1. The van der Waals surface area contributed by atoms with Crippen LogP contribution in [0, 0.1) is 5.92 Å². The summed E-state index contributed by atoms with van der Waals surface area (Å²) >= 11 is 3.79. The van der Waals surface area contributed by atoms with E-state index in [-0.39, 0.29) is 0 Å². The summed E-state index contributed by atoms with van der Waals surface area (Å²) in [5.74, 6) is 0.754. The Labute approximate surface area is 138 Å². The predicted octanol–water partition coefficient (Wildman–Crippen LogP) is 4.75. The van der Waals surface area contributed by atoms with E-state index in [9.17, 15) is 0 Å². The molecule has 2 nitrogen and oxygen atoms in total. The molecule has 0 unspecified atom stereocenters. The monoisotopic (exact) mass is 352 g/mol. The van der Waals surface area contributed by atoms with Crippen molar-refractivity contribution in [1.29, 1.82) is 0 Å². The number of nitrogens with zero attached hydrogens (tertiary/aromatic N) is 1. The van der Waals surface area contributed by atoms with E-state index < -0.39 is 0 Å². The molecule has 0 aliphatic heterocycles. The molecule has 1 aliphatic rings. The highest BCUT2D eigenvalue weighted by Gasteiger charge is 2.24. The second kappa shape index (κ2) is 8.19. The molecule has 0 radical (unpaired) electrons. The smallest absolute Gasteiger partial charge is 0.0513 e. The molecule has 0 spiro atoms. The van der Waals surface area contributed by atoms with E-state index in [2.05, 4.69) is 52.9 Å². The van der Waals surface area contributed by atoms with Gasteiger partial charge in [0.25, 0.3) is 0 Å². The molecule has 21 heavy (non-hydrogen) atoms. The molecule has 1 aromatic carbocycles. The van der Waals surface area contributed by atoms with Crippen molar-refractivity contribution in [2.45, 2.75) is 58.4 Å². The van der Waals surface area contributed by atoms with Crippen molar-refractivity contribution in [1.82, 2.24) is 0 Å². The van der Waals surface area contributed by atoms with E-state index in [0.717, 1.165) is 24.9 Å². The first kappa shape index (κ1) is 16.8. The number of anilines is 1. The van der Waals surface area contributed by atoms with Crippen LogP contribution in [0.5, 0.6) is 0 Å². The zero-order chi connectivity index (χ0) is 15.2. The maximum atomic E-state index is 5.66. The van der Waals surface area contributed by atoms with Crippen LogP contribution in [0.4, 0.5) is 5.69 Å². The molecule has 0 heterocycles. The third-order valence-electron chi connectivity index (χ3n) is 4.47.